The Hall–Kier alpha value is -2.73. The first-order valence-electron chi connectivity index (χ1n) is 8.86. The van der Waals surface area contributed by atoms with Crippen molar-refractivity contribution in [3.05, 3.63) is 58.6 Å². The van der Waals surface area contributed by atoms with Crippen molar-refractivity contribution in [1.82, 2.24) is 10.2 Å². The fraction of sp³-hybridized carbons (Fsp3) is 0.300. The Morgan fingerprint density at radius 1 is 1.04 bits per heavy atom. The lowest BCUT2D eigenvalue weighted by atomic mass is 10.0. The Bertz CT molecular complexity index is 878. The minimum atomic E-state index is -0.149. The number of carbonyl (C=O) groups excluding carboxylic acids is 2. The third kappa shape index (κ3) is 3.71. The molecule has 2 heterocycles. The molecule has 27 heavy (non-hydrogen) atoms. The van der Waals surface area contributed by atoms with Crippen LogP contribution in [0, 0.1) is 0 Å². The number of benzene rings is 2. The third-order valence-corrected chi connectivity index (χ3v) is 5.19. The van der Waals surface area contributed by atoms with E-state index < -0.39 is 0 Å². The van der Waals surface area contributed by atoms with Gasteiger partial charge in [-0.1, -0.05) is 23.7 Å². The Kier molecular flexibility index (Phi) is 4.90. The standard InChI is InChI=1S/C20H19ClN2O4/c21-16-4-2-1-3-15(16)20(25)23-9-7-14(8-10-23)22-19(24)13-5-6-17-18(11-13)27-12-26-17/h1-6,11,14H,7-10,12H2,(H,22,24). The number of fused-ring (bicyclic) bond motifs is 1. The van der Waals surface area contributed by atoms with E-state index >= 15 is 0 Å². The van der Waals surface area contributed by atoms with Gasteiger partial charge in [0.1, 0.15) is 0 Å². The molecule has 0 saturated carbocycles. The van der Waals surface area contributed by atoms with Gasteiger partial charge in [-0.3, -0.25) is 9.59 Å². The van der Waals surface area contributed by atoms with E-state index in [1.54, 1.807) is 47.4 Å². The van der Waals surface area contributed by atoms with Crippen LogP contribution in [0.25, 0.3) is 0 Å². The van der Waals surface area contributed by atoms with Crippen LogP contribution in [0.3, 0.4) is 0 Å². The highest BCUT2D eigenvalue weighted by Gasteiger charge is 2.26. The molecule has 6 nitrogen and oxygen atoms in total. The summed E-state index contributed by atoms with van der Waals surface area (Å²) in [4.78, 5) is 26.9. The quantitative estimate of drug-likeness (QED) is 0.880. The van der Waals surface area contributed by atoms with Crippen LogP contribution in [0.2, 0.25) is 5.02 Å². The number of rotatable bonds is 3. The molecule has 2 amide bonds. The Morgan fingerprint density at radius 2 is 1.78 bits per heavy atom. The van der Waals surface area contributed by atoms with E-state index in [1.807, 2.05) is 0 Å². The number of carbonyl (C=O) groups is 2. The SMILES string of the molecule is O=C(NC1CCN(C(=O)c2ccccc2Cl)CC1)c1ccc2c(c1)OCO2. The van der Waals surface area contributed by atoms with E-state index in [-0.39, 0.29) is 24.6 Å². The molecule has 0 aliphatic carbocycles. The van der Waals surface area contributed by atoms with E-state index in [1.165, 1.54) is 0 Å². The molecule has 0 bridgehead atoms. The van der Waals surface area contributed by atoms with Crippen molar-refractivity contribution in [1.29, 1.82) is 0 Å². The van der Waals surface area contributed by atoms with E-state index in [0.717, 1.165) is 0 Å². The molecule has 2 aliphatic rings. The zero-order chi connectivity index (χ0) is 18.8. The Morgan fingerprint density at radius 3 is 2.56 bits per heavy atom. The highest BCUT2D eigenvalue weighted by Crippen LogP contribution is 2.32. The number of piperidine rings is 1. The molecule has 1 fully saturated rings. The molecule has 0 atom stereocenters. The van der Waals surface area contributed by atoms with Crippen LogP contribution in [-0.4, -0.2) is 42.6 Å². The van der Waals surface area contributed by atoms with Gasteiger partial charge in [-0.15, -0.1) is 0 Å². The minimum absolute atomic E-state index is 0.0261. The molecular weight excluding hydrogens is 368 g/mol. The lowest BCUT2D eigenvalue weighted by Crippen LogP contribution is -2.46. The van der Waals surface area contributed by atoms with Crippen LogP contribution in [0.1, 0.15) is 33.6 Å². The highest BCUT2D eigenvalue weighted by atomic mass is 35.5. The van der Waals surface area contributed by atoms with Gasteiger partial charge in [0.25, 0.3) is 11.8 Å². The second-order valence-electron chi connectivity index (χ2n) is 6.59. The van der Waals surface area contributed by atoms with Gasteiger partial charge >= 0.3 is 0 Å². The molecule has 2 aromatic carbocycles. The lowest BCUT2D eigenvalue weighted by molar-refractivity contribution is 0.0698. The van der Waals surface area contributed by atoms with Gasteiger partial charge < -0.3 is 19.7 Å². The summed E-state index contributed by atoms with van der Waals surface area (Å²) in [6, 6.07) is 12.2. The fourth-order valence-corrected chi connectivity index (χ4v) is 3.55. The monoisotopic (exact) mass is 386 g/mol. The molecule has 7 heteroatoms. The van der Waals surface area contributed by atoms with Crippen molar-refractivity contribution in [2.45, 2.75) is 18.9 Å². The summed E-state index contributed by atoms with van der Waals surface area (Å²) >= 11 is 6.12. The molecule has 1 saturated heterocycles. The minimum Gasteiger partial charge on any atom is -0.454 e. The van der Waals surface area contributed by atoms with Crippen LogP contribution < -0.4 is 14.8 Å². The Balaban J connectivity index is 1.33. The number of amides is 2. The molecule has 0 radical (unpaired) electrons. The van der Waals surface area contributed by atoms with Crippen molar-refractivity contribution in [3.63, 3.8) is 0 Å². The summed E-state index contributed by atoms with van der Waals surface area (Å²) in [6.45, 7) is 1.34. The zero-order valence-electron chi connectivity index (χ0n) is 14.6. The summed E-state index contributed by atoms with van der Waals surface area (Å²) in [7, 11) is 0. The summed E-state index contributed by atoms with van der Waals surface area (Å²) in [5.74, 6) is 1.02. The van der Waals surface area contributed by atoms with Crippen LogP contribution in [0.5, 0.6) is 11.5 Å². The van der Waals surface area contributed by atoms with Crippen LogP contribution in [-0.2, 0) is 0 Å². The predicted octanol–water partition coefficient (Wildman–Crippen LogP) is 3.10. The van der Waals surface area contributed by atoms with E-state index in [4.69, 9.17) is 21.1 Å². The normalized spacial score (nSPS) is 16.3. The van der Waals surface area contributed by atoms with Gasteiger partial charge in [-0.2, -0.15) is 0 Å². The van der Waals surface area contributed by atoms with Gasteiger partial charge in [0, 0.05) is 24.7 Å². The smallest absolute Gasteiger partial charge is 0.255 e. The number of hydrogen-bond donors (Lipinski definition) is 1. The van der Waals surface area contributed by atoms with Gasteiger partial charge in [0.05, 0.1) is 10.6 Å². The van der Waals surface area contributed by atoms with Crippen LogP contribution >= 0.6 is 11.6 Å². The van der Waals surface area contributed by atoms with Crippen LogP contribution in [0.4, 0.5) is 0 Å². The van der Waals surface area contributed by atoms with Gasteiger partial charge in [-0.25, -0.2) is 0 Å². The van der Waals surface area contributed by atoms with Gasteiger partial charge in [0.2, 0.25) is 6.79 Å². The maximum absolute atomic E-state index is 12.6. The molecular formula is C20H19ClN2O4. The molecule has 1 N–H and O–H groups in total. The molecule has 0 spiro atoms. The number of likely N-dealkylation sites (tertiary alicyclic amines) is 1. The topological polar surface area (TPSA) is 67.9 Å². The molecule has 2 aromatic rings. The average Bonchev–Trinajstić information content (AvgIpc) is 3.16. The number of hydrogen-bond acceptors (Lipinski definition) is 4. The number of halogens is 1. The summed E-state index contributed by atoms with van der Waals surface area (Å²) in [5.41, 5.74) is 1.05. The van der Waals surface area contributed by atoms with Crippen molar-refractivity contribution < 1.29 is 19.1 Å². The van der Waals surface area contributed by atoms with Crippen molar-refractivity contribution in [2.24, 2.45) is 0 Å². The van der Waals surface area contributed by atoms with E-state index in [9.17, 15) is 9.59 Å². The van der Waals surface area contributed by atoms with Crippen molar-refractivity contribution in [2.75, 3.05) is 19.9 Å². The molecule has 0 aromatic heterocycles. The number of nitrogens with one attached hydrogen (secondary N) is 1. The number of ether oxygens (including phenoxy) is 2. The Labute approximate surface area is 162 Å². The lowest BCUT2D eigenvalue weighted by Gasteiger charge is -2.32. The van der Waals surface area contributed by atoms with Gasteiger partial charge in [0.15, 0.2) is 11.5 Å². The fourth-order valence-electron chi connectivity index (χ4n) is 3.34. The van der Waals surface area contributed by atoms with Gasteiger partial charge in [-0.05, 0) is 43.2 Å². The molecule has 140 valence electrons. The molecule has 0 unspecified atom stereocenters. The zero-order valence-corrected chi connectivity index (χ0v) is 15.4. The largest absolute Gasteiger partial charge is 0.454 e. The molecule has 4 rings (SSSR count). The summed E-state index contributed by atoms with van der Waals surface area (Å²) in [6.07, 6.45) is 1.40. The summed E-state index contributed by atoms with van der Waals surface area (Å²) in [5, 5.41) is 3.50. The highest BCUT2D eigenvalue weighted by molar-refractivity contribution is 6.33. The predicted molar refractivity (Wildman–Crippen MR) is 100 cm³/mol. The number of nitrogens with zero attached hydrogens (tertiary/aromatic N) is 1. The maximum Gasteiger partial charge on any atom is 0.255 e. The van der Waals surface area contributed by atoms with Crippen molar-refractivity contribution in [3.8, 4) is 11.5 Å². The first-order valence-corrected chi connectivity index (χ1v) is 9.24. The van der Waals surface area contributed by atoms with Crippen LogP contribution in [0.15, 0.2) is 42.5 Å². The second kappa shape index (κ2) is 7.48. The first-order chi connectivity index (χ1) is 13.1. The third-order valence-electron chi connectivity index (χ3n) is 4.86. The second-order valence-corrected chi connectivity index (χ2v) is 7.00. The maximum atomic E-state index is 12.6. The first kappa shape index (κ1) is 17.7. The summed E-state index contributed by atoms with van der Waals surface area (Å²) < 4.78 is 10.6. The van der Waals surface area contributed by atoms with E-state index in [2.05, 4.69) is 5.32 Å². The average molecular weight is 387 g/mol. The van der Waals surface area contributed by atoms with Crippen molar-refractivity contribution >= 4 is 23.4 Å². The molecule has 2 aliphatic heterocycles. The van der Waals surface area contributed by atoms with E-state index in [0.29, 0.717) is 53.6 Å².